The standard InChI is InChI=1S/C17H24N6O/c1-13-19-14(2)23(21-13)11-15-5-4-8-22(10-15)12-17(24)20-16-6-3-7-18-9-16/h3,6-7,9,15H,4-5,8,10-12H2,1-2H3,(H,20,24)/t15-/m0/s1. The maximum absolute atomic E-state index is 12.2. The average Bonchev–Trinajstić information content (AvgIpc) is 2.86. The van der Waals surface area contributed by atoms with Gasteiger partial charge < -0.3 is 5.32 Å². The molecule has 1 fully saturated rings. The van der Waals surface area contributed by atoms with Crippen molar-refractivity contribution in [1.29, 1.82) is 0 Å². The molecule has 128 valence electrons. The Labute approximate surface area is 142 Å². The summed E-state index contributed by atoms with van der Waals surface area (Å²) in [7, 11) is 0. The van der Waals surface area contributed by atoms with E-state index in [9.17, 15) is 4.79 Å². The third-order valence-electron chi connectivity index (χ3n) is 4.31. The normalized spacial score (nSPS) is 18.5. The van der Waals surface area contributed by atoms with E-state index in [1.807, 2.05) is 30.7 Å². The molecular formula is C17H24N6O. The summed E-state index contributed by atoms with van der Waals surface area (Å²) >= 11 is 0. The zero-order valence-corrected chi connectivity index (χ0v) is 14.3. The molecular weight excluding hydrogens is 304 g/mol. The van der Waals surface area contributed by atoms with Crippen molar-refractivity contribution in [1.82, 2.24) is 24.6 Å². The number of hydrogen-bond donors (Lipinski definition) is 1. The topological polar surface area (TPSA) is 75.9 Å². The van der Waals surface area contributed by atoms with Crippen molar-refractivity contribution in [2.75, 3.05) is 25.0 Å². The van der Waals surface area contributed by atoms with E-state index in [0.29, 0.717) is 12.5 Å². The van der Waals surface area contributed by atoms with Crippen LogP contribution in [-0.4, -0.2) is 50.2 Å². The van der Waals surface area contributed by atoms with Crippen LogP contribution in [0.5, 0.6) is 0 Å². The molecule has 0 spiro atoms. The summed E-state index contributed by atoms with van der Waals surface area (Å²) in [4.78, 5) is 22.8. The molecule has 0 unspecified atom stereocenters. The summed E-state index contributed by atoms with van der Waals surface area (Å²) < 4.78 is 1.99. The van der Waals surface area contributed by atoms with E-state index in [4.69, 9.17) is 0 Å². The zero-order chi connectivity index (χ0) is 16.9. The first-order valence-corrected chi connectivity index (χ1v) is 8.40. The minimum Gasteiger partial charge on any atom is -0.324 e. The Bertz CT molecular complexity index is 684. The summed E-state index contributed by atoms with van der Waals surface area (Å²) in [5.74, 6) is 2.29. The fraction of sp³-hybridized carbons (Fsp3) is 0.529. The molecule has 0 bridgehead atoms. The maximum Gasteiger partial charge on any atom is 0.238 e. The van der Waals surface area contributed by atoms with Gasteiger partial charge in [0.2, 0.25) is 5.91 Å². The van der Waals surface area contributed by atoms with Gasteiger partial charge in [-0.15, -0.1) is 0 Å². The summed E-state index contributed by atoms with van der Waals surface area (Å²) in [6.07, 6.45) is 5.63. The number of aromatic nitrogens is 4. The monoisotopic (exact) mass is 328 g/mol. The number of carbonyl (C=O) groups excluding carboxylic acids is 1. The minimum atomic E-state index is 0.0106. The number of nitrogens with zero attached hydrogens (tertiary/aromatic N) is 5. The Morgan fingerprint density at radius 2 is 2.29 bits per heavy atom. The molecule has 0 saturated carbocycles. The van der Waals surface area contributed by atoms with Crippen molar-refractivity contribution in [3.63, 3.8) is 0 Å². The number of rotatable bonds is 5. The number of likely N-dealkylation sites (tertiary alicyclic amines) is 1. The lowest BCUT2D eigenvalue weighted by Gasteiger charge is -2.32. The molecule has 24 heavy (non-hydrogen) atoms. The van der Waals surface area contributed by atoms with Crippen LogP contribution >= 0.6 is 0 Å². The molecule has 0 aliphatic carbocycles. The smallest absolute Gasteiger partial charge is 0.238 e. The van der Waals surface area contributed by atoms with Gasteiger partial charge in [-0.2, -0.15) is 5.10 Å². The number of piperidine rings is 1. The highest BCUT2D eigenvalue weighted by Gasteiger charge is 2.23. The molecule has 1 atom stereocenters. The second-order valence-corrected chi connectivity index (χ2v) is 6.42. The average molecular weight is 328 g/mol. The maximum atomic E-state index is 12.2. The lowest BCUT2D eigenvalue weighted by molar-refractivity contribution is -0.117. The van der Waals surface area contributed by atoms with E-state index in [1.165, 1.54) is 6.42 Å². The molecule has 7 nitrogen and oxygen atoms in total. The Balaban J connectivity index is 1.52. The number of amides is 1. The summed E-state index contributed by atoms with van der Waals surface area (Å²) in [6, 6.07) is 3.66. The number of pyridine rings is 1. The fourth-order valence-corrected chi connectivity index (χ4v) is 3.26. The Morgan fingerprint density at radius 3 is 3.00 bits per heavy atom. The molecule has 2 aromatic rings. The summed E-state index contributed by atoms with van der Waals surface area (Å²) in [5.41, 5.74) is 0.741. The molecule has 3 heterocycles. The van der Waals surface area contributed by atoms with Gasteiger partial charge >= 0.3 is 0 Å². The predicted molar refractivity (Wildman–Crippen MR) is 91.5 cm³/mol. The van der Waals surface area contributed by atoms with E-state index in [1.54, 1.807) is 12.4 Å². The van der Waals surface area contributed by atoms with Gasteiger partial charge in [0.05, 0.1) is 18.4 Å². The van der Waals surface area contributed by atoms with E-state index < -0.39 is 0 Å². The van der Waals surface area contributed by atoms with E-state index >= 15 is 0 Å². The number of aryl methyl sites for hydroxylation is 2. The van der Waals surface area contributed by atoms with E-state index in [2.05, 4.69) is 25.3 Å². The highest BCUT2D eigenvalue weighted by molar-refractivity contribution is 5.92. The van der Waals surface area contributed by atoms with E-state index in [-0.39, 0.29) is 5.91 Å². The van der Waals surface area contributed by atoms with Gasteiger partial charge in [0.1, 0.15) is 11.6 Å². The second-order valence-electron chi connectivity index (χ2n) is 6.42. The molecule has 1 aliphatic heterocycles. The number of anilines is 1. The van der Waals surface area contributed by atoms with Gasteiger partial charge in [-0.1, -0.05) is 0 Å². The van der Waals surface area contributed by atoms with Crippen molar-refractivity contribution in [3.8, 4) is 0 Å². The van der Waals surface area contributed by atoms with Crippen LogP contribution in [0.2, 0.25) is 0 Å². The number of carbonyl (C=O) groups is 1. The minimum absolute atomic E-state index is 0.0106. The van der Waals surface area contributed by atoms with Crippen LogP contribution in [0.1, 0.15) is 24.5 Å². The second kappa shape index (κ2) is 7.53. The van der Waals surface area contributed by atoms with Crippen molar-refractivity contribution in [2.24, 2.45) is 5.92 Å². The van der Waals surface area contributed by atoms with Crippen molar-refractivity contribution >= 4 is 11.6 Å². The highest BCUT2D eigenvalue weighted by atomic mass is 16.2. The van der Waals surface area contributed by atoms with Gasteiger partial charge in [-0.3, -0.25) is 14.7 Å². The molecule has 0 aromatic carbocycles. The van der Waals surface area contributed by atoms with Crippen LogP contribution in [0.3, 0.4) is 0 Å². The Hall–Kier alpha value is -2.28. The van der Waals surface area contributed by atoms with Crippen LogP contribution in [0.4, 0.5) is 5.69 Å². The van der Waals surface area contributed by atoms with Crippen molar-refractivity contribution < 1.29 is 4.79 Å². The van der Waals surface area contributed by atoms with Gasteiger partial charge in [0.15, 0.2) is 0 Å². The Morgan fingerprint density at radius 1 is 1.42 bits per heavy atom. The molecule has 7 heteroatoms. The Kier molecular flexibility index (Phi) is 5.20. The third kappa shape index (κ3) is 4.38. The number of nitrogens with one attached hydrogen (secondary N) is 1. The summed E-state index contributed by atoms with van der Waals surface area (Å²) in [5, 5.41) is 7.34. The predicted octanol–water partition coefficient (Wildman–Crippen LogP) is 1.64. The molecule has 3 rings (SSSR count). The van der Waals surface area contributed by atoms with E-state index in [0.717, 1.165) is 43.4 Å². The summed E-state index contributed by atoms with van der Waals surface area (Å²) in [6.45, 7) is 7.07. The molecule has 1 aliphatic rings. The van der Waals surface area contributed by atoms with Gasteiger partial charge in [-0.25, -0.2) is 9.67 Å². The molecule has 0 radical (unpaired) electrons. The van der Waals surface area contributed by atoms with Crippen LogP contribution in [-0.2, 0) is 11.3 Å². The first-order chi connectivity index (χ1) is 11.6. The first-order valence-electron chi connectivity index (χ1n) is 8.40. The zero-order valence-electron chi connectivity index (χ0n) is 14.3. The first kappa shape index (κ1) is 16.6. The molecule has 1 N–H and O–H groups in total. The SMILES string of the molecule is Cc1nc(C)n(C[C@H]2CCCN(CC(=O)Nc3cccnc3)C2)n1. The third-order valence-corrected chi connectivity index (χ3v) is 4.31. The lowest BCUT2D eigenvalue weighted by atomic mass is 9.98. The van der Waals surface area contributed by atoms with Gasteiger partial charge in [0, 0.05) is 19.3 Å². The van der Waals surface area contributed by atoms with Crippen molar-refractivity contribution in [3.05, 3.63) is 36.2 Å². The van der Waals surface area contributed by atoms with Crippen LogP contribution in [0, 0.1) is 19.8 Å². The van der Waals surface area contributed by atoms with Gasteiger partial charge in [0.25, 0.3) is 0 Å². The molecule has 1 saturated heterocycles. The van der Waals surface area contributed by atoms with Crippen molar-refractivity contribution in [2.45, 2.75) is 33.2 Å². The van der Waals surface area contributed by atoms with Crippen LogP contribution in [0.15, 0.2) is 24.5 Å². The van der Waals surface area contributed by atoms with Crippen LogP contribution in [0.25, 0.3) is 0 Å². The van der Waals surface area contributed by atoms with Gasteiger partial charge in [-0.05, 0) is 51.3 Å². The molecule has 1 amide bonds. The fourth-order valence-electron chi connectivity index (χ4n) is 3.26. The van der Waals surface area contributed by atoms with Crippen LogP contribution < -0.4 is 5.32 Å². The number of hydrogen-bond acceptors (Lipinski definition) is 5. The highest BCUT2D eigenvalue weighted by Crippen LogP contribution is 2.18. The largest absolute Gasteiger partial charge is 0.324 e. The quantitative estimate of drug-likeness (QED) is 0.903. The molecule has 2 aromatic heterocycles. The lowest BCUT2D eigenvalue weighted by Crippen LogP contribution is -2.41.